The van der Waals surface area contributed by atoms with Crippen molar-refractivity contribution in [2.24, 2.45) is 5.92 Å². The second-order valence-electron chi connectivity index (χ2n) is 10.7. The van der Waals surface area contributed by atoms with E-state index in [9.17, 15) is 23.2 Å². The van der Waals surface area contributed by atoms with Crippen LogP contribution >= 0.6 is 0 Å². The van der Waals surface area contributed by atoms with Crippen molar-refractivity contribution in [2.45, 2.75) is 57.1 Å². The predicted octanol–water partition coefficient (Wildman–Crippen LogP) is 2.79. The first-order valence-corrected chi connectivity index (χ1v) is 14.5. The van der Waals surface area contributed by atoms with Crippen molar-refractivity contribution in [1.82, 2.24) is 15.1 Å². The SMILES string of the molecule is CC(C)C(=O)N1CC(NS(=O)(=O)c2ccc(OCC3=CC(C)N(C(C)C)c4ccccc43)cc2)(C(=O)NO)C1. The van der Waals surface area contributed by atoms with Crippen LogP contribution < -0.4 is 19.8 Å². The van der Waals surface area contributed by atoms with Crippen LogP contribution in [0, 0.1) is 5.92 Å². The lowest BCUT2D eigenvalue weighted by molar-refractivity contribution is -0.152. The minimum atomic E-state index is -4.15. The van der Waals surface area contributed by atoms with Crippen LogP contribution in [0.5, 0.6) is 5.75 Å². The van der Waals surface area contributed by atoms with Crippen molar-refractivity contribution in [2.75, 3.05) is 24.6 Å². The smallest absolute Gasteiger partial charge is 0.268 e. The molecule has 1 atom stereocenters. The van der Waals surface area contributed by atoms with Crippen LogP contribution in [0.25, 0.3) is 5.57 Å². The second-order valence-corrected chi connectivity index (χ2v) is 12.4. The summed E-state index contributed by atoms with van der Waals surface area (Å²) >= 11 is 0. The molecule has 11 heteroatoms. The van der Waals surface area contributed by atoms with E-state index in [2.05, 4.69) is 48.6 Å². The van der Waals surface area contributed by atoms with Crippen molar-refractivity contribution < 1.29 is 28.0 Å². The highest BCUT2D eigenvalue weighted by atomic mass is 32.2. The van der Waals surface area contributed by atoms with E-state index >= 15 is 0 Å². The molecule has 2 heterocycles. The molecule has 10 nitrogen and oxygen atoms in total. The summed E-state index contributed by atoms with van der Waals surface area (Å²) in [4.78, 5) is 28.3. The summed E-state index contributed by atoms with van der Waals surface area (Å²) in [6.07, 6.45) is 2.18. The van der Waals surface area contributed by atoms with Crippen molar-refractivity contribution >= 4 is 33.1 Å². The molecule has 0 bridgehead atoms. The number of hydroxylamine groups is 1. The zero-order valence-electron chi connectivity index (χ0n) is 22.8. The van der Waals surface area contributed by atoms with Gasteiger partial charge in [-0.3, -0.25) is 14.8 Å². The van der Waals surface area contributed by atoms with E-state index in [0.29, 0.717) is 18.4 Å². The van der Waals surface area contributed by atoms with E-state index in [1.165, 1.54) is 22.5 Å². The molecule has 0 saturated carbocycles. The summed E-state index contributed by atoms with van der Waals surface area (Å²) in [5, 5.41) is 9.20. The van der Waals surface area contributed by atoms with E-state index in [-0.39, 0.29) is 35.9 Å². The topological polar surface area (TPSA) is 128 Å². The quantitative estimate of drug-likeness (QED) is 0.320. The van der Waals surface area contributed by atoms with Gasteiger partial charge in [0.2, 0.25) is 15.9 Å². The largest absolute Gasteiger partial charge is 0.489 e. The molecule has 39 heavy (non-hydrogen) atoms. The highest BCUT2D eigenvalue weighted by Crippen LogP contribution is 2.36. The summed E-state index contributed by atoms with van der Waals surface area (Å²) in [5.74, 6) is -0.949. The van der Waals surface area contributed by atoms with Crippen LogP contribution in [0.3, 0.4) is 0 Å². The van der Waals surface area contributed by atoms with Gasteiger partial charge in [-0.05, 0) is 56.7 Å². The first kappa shape index (κ1) is 28.6. The maximum absolute atomic E-state index is 13.1. The highest BCUT2D eigenvalue weighted by molar-refractivity contribution is 7.89. The fraction of sp³-hybridized carbons (Fsp3) is 0.429. The molecule has 2 aromatic rings. The van der Waals surface area contributed by atoms with Gasteiger partial charge in [-0.15, -0.1) is 0 Å². The summed E-state index contributed by atoms with van der Waals surface area (Å²) in [6, 6.07) is 14.6. The molecule has 0 aromatic heterocycles. The number of ether oxygens (including phenoxy) is 1. The standard InChI is InChI=1S/C28H36N4O6S/c1-18(2)26(33)31-16-28(17-31,27(34)29-35)30-39(36,37)23-12-10-22(11-13-23)38-15-21-14-20(5)32(19(3)4)25-9-7-6-8-24(21)25/h6-14,18-20,30,35H,15-17H2,1-5H3,(H,29,34). The molecule has 2 amide bonds. The number of amides is 2. The minimum absolute atomic E-state index is 0.0722. The second kappa shape index (κ2) is 11.0. The molecule has 2 aromatic carbocycles. The number of carbonyl (C=O) groups is 2. The van der Waals surface area contributed by atoms with Gasteiger partial charge in [-0.25, -0.2) is 13.9 Å². The molecule has 0 aliphatic carbocycles. The molecule has 2 aliphatic rings. The van der Waals surface area contributed by atoms with E-state index in [1.807, 2.05) is 12.1 Å². The molecule has 1 fully saturated rings. The number of hydrogen-bond donors (Lipinski definition) is 3. The number of sulfonamides is 1. The van der Waals surface area contributed by atoms with Crippen molar-refractivity contribution in [1.29, 1.82) is 0 Å². The van der Waals surface area contributed by atoms with Gasteiger partial charge >= 0.3 is 0 Å². The fourth-order valence-electron chi connectivity index (χ4n) is 5.21. The highest BCUT2D eigenvalue weighted by Gasteiger charge is 2.53. The van der Waals surface area contributed by atoms with Crippen LogP contribution in [-0.2, 0) is 19.6 Å². The number of carbonyl (C=O) groups excluding carboxylic acids is 2. The van der Waals surface area contributed by atoms with Gasteiger partial charge in [-0.1, -0.05) is 38.1 Å². The van der Waals surface area contributed by atoms with Gasteiger partial charge in [0.15, 0.2) is 0 Å². The maximum Gasteiger partial charge on any atom is 0.268 e. The third kappa shape index (κ3) is 5.66. The van der Waals surface area contributed by atoms with Crippen molar-refractivity contribution in [3.05, 3.63) is 60.2 Å². The Bertz CT molecular complexity index is 1360. The average Bonchev–Trinajstić information content (AvgIpc) is 2.88. The molecular formula is C28H36N4O6S. The van der Waals surface area contributed by atoms with Crippen LogP contribution in [0.1, 0.15) is 40.2 Å². The summed E-state index contributed by atoms with van der Waals surface area (Å²) in [6.45, 7) is 9.86. The fourth-order valence-corrected chi connectivity index (χ4v) is 6.55. The molecule has 1 unspecified atom stereocenters. The first-order chi connectivity index (χ1) is 18.4. The Morgan fingerprint density at radius 1 is 1.08 bits per heavy atom. The van der Waals surface area contributed by atoms with Gasteiger partial charge in [0.05, 0.1) is 18.0 Å². The number of para-hydroxylation sites is 1. The monoisotopic (exact) mass is 556 g/mol. The van der Waals surface area contributed by atoms with Gasteiger partial charge in [-0.2, -0.15) is 4.72 Å². The minimum Gasteiger partial charge on any atom is -0.489 e. The van der Waals surface area contributed by atoms with Crippen LogP contribution in [0.4, 0.5) is 5.69 Å². The Kier molecular flexibility index (Phi) is 8.06. The molecule has 2 aliphatic heterocycles. The van der Waals surface area contributed by atoms with Gasteiger partial charge in [0.25, 0.3) is 5.91 Å². The Balaban J connectivity index is 1.46. The van der Waals surface area contributed by atoms with E-state index in [0.717, 1.165) is 16.8 Å². The van der Waals surface area contributed by atoms with Crippen molar-refractivity contribution in [3.8, 4) is 5.75 Å². The number of benzene rings is 2. The summed E-state index contributed by atoms with van der Waals surface area (Å²) in [7, 11) is -4.15. The Labute approximate surface area is 229 Å². The summed E-state index contributed by atoms with van der Waals surface area (Å²) < 4.78 is 34.6. The Morgan fingerprint density at radius 2 is 1.72 bits per heavy atom. The average molecular weight is 557 g/mol. The van der Waals surface area contributed by atoms with Gasteiger partial charge in [0, 0.05) is 29.3 Å². The molecule has 3 N–H and O–H groups in total. The number of fused-ring (bicyclic) bond motifs is 1. The van der Waals surface area contributed by atoms with E-state index in [1.54, 1.807) is 26.0 Å². The van der Waals surface area contributed by atoms with Crippen LogP contribution in [0.15, 0.2) is 59.5 Å². The molecule has 1 saturated heterocycles. The Hall–Kier alpha value is -3.41. The molecular weight excluding hydrogens is 520 g/mol. The molecule has 4 rings (SSSR count). The van der Waals surface area contributed by atoms with Gasteiger partial charge in [0.1, 0.15) is 17.9 Å². The molecule has 0 spiro atoms. The van der Waals surface area contributed by atoms with E-state index < -0.39 is 21.5 Å². The van der Waals surface area contributed by atoms with Crippen molar-refractivity contribution in [3.63, 3.8) is 0 Å². The number of rotatable bonds is 9. The predicted molar refractivity (Wildman–Crippen MR) is 148 cm³/mol. The lowest BCUT2D eigenvalue weighted by Gasteiger charge is -2.48. The number of nitrogens with zero attached hydrogens (tertiary/aromatic N) is 2. The Morgan fingerprint density at radius 3 is 2.31 bits per heavy atom. The lowest BCUT2D eigenvalue weighted by Crippen LogP contribution is -2.77. The zero-order chi connectivity index (χ0) is 28.5. The lowest BCUT2D eigenvalue weighted by atomic mass is 9.89. The number of hydrogen-bond acceptors (Lipinski definition) is 7. The van der Waals surface area contributed by atoms with E-state index in [4.69, 9.17) is 4.74 Å². The maximum atomic E-state index is 13.1. The molecule has 0 radical (unpaired) electrons. The summed E-state index contributed by atoms with van der Waals surface area (Å²) in [5.41, 5.74) is 3.16. The van der Waals surface area contributed by atoms with Crippen LogP contribution in [-0.4, -0.2) is 67.7 Å². The third-order valence-corrected chi connectivity index (χ3v) is 8.64. The number of anilines is 1. The normalized spacial score (nSPS) is 18.4. The zero-order valence-corrected chi connectivity index (χ0v) is 23.7. The number of likely N-dealkylation sites (tertiary alicyclic amines) is 1. The van der Waals surface area contributed by atoms with Crippen LogP contribution in [0.2, 0.25) is 0 Å². The third-order valence-electron chi connectivity index (χ3n) is 7.09. The first-order valence-electron chi connectivity index (χ1n) is 13.0. The molecule has 210 valence electrons. The number of nitrogens with one attached hydrogen (secondary N) is 2. The van der Waals surface area contributed by atoms with Gasteiger partial charge < -0.3 is 14.5 Å².